The van der Waals surface area contributed by atoms with E-state index in [0.29, 0.717) is 6.07 Å². The number of anilines is 2. The molecule has 0 amide bonds. The number of aromatic hydroxyl groups is 1. The molecule has 44 heavy (non-hydrogen) atoms. The summed E-state index contributed by atoms with van der Waals surface area (Å²) in [4.78, 5) is 4.75. The molecule has 3 radical (unpaired) electrons. The number of nitrogens with zero attached hydrogens (tertiary/aromatic N) is 4. The molecule has 0 spiro atoms. The van der Waals surface area contributed by atoms with Gasteiger partial charge in [-0.3, -0.25) is 13.7 Å². The molecule has 0 aliphatic rings. The van der Waals surface area contributed by atoms with Crippen LogP contribution in [0.1, 0.15) is 0 Å². The van der Waals surface area contributed by atoms with Crippen molar-refractivity contribution in [2.24, 2.45) is 10.2 Å². The van der Waals surface area contributed by atoms with Crippen LogP contribution in [0.25, 0.3) is 10.8 Å². The van der Waals surface area contributed by atoms with Crippen molar-refractivity contribution >= 4 is 187 Å². The van der Waals surface area contributed by atoms with Crippen LogP contribution in [0.3, 0.4) is 0 Å². The van der Waals surface area contributed by atoms with Crippen molar-refractivity contribution in [2.75, 3.05) is 5.32 Å². The first-order chi connectivity index (χ1) is 18.9. The minimum atomic E-state index is -5.20. The van der Waals surface area contributed by atoms with E-state index in [1.54, 1.807) is 0 Å². The van der Waals surface area contributed by atoms with Crippen LogP contribution >= 0.6 is 34.8 Å². The second-order valence-electron chi connectivity index (χ2n) is 7.83. The van der Waals surface area contributed by atoms with Crippen molar-refractivity contribution in [1.29, 1.82) is 0 Å². The van der Waals surface area contributed by atoms with Gasteiger partial charge in [0, 0.05) is 99.7 Å². The van der Waals surface area contributed by atoms with Crippen LogP contribution in [0.15, 0.2) is 67.4 Å². The smallest absolute Gasteiger partial charge is 0.296 e. The fraction of sp³-hybridized carbons (Fsp3) is 0. The maximum Gasteiger partial charge on any atom is 0.296 e. The first-order valence-corrected chi connectivity index (χ1v) is 15.7. The summed E-state index contributed by atoms with van der Waals surface area (Å²) in [5, 5.41) is 19.2. The van der Waals surface area contributed by atoms with Crippen LogP contribution in [0.5, 0.6) is 5.75 Å². The van der Waals surface area contributed by atoms with E-state index in [9.17, 15) is 44.0 Å². The maximum atomic E-state index is 12.1. The van der Waals surface area contributed by atoms with Crippen LogP contribution in [0.4, 0.5) is 22.9 Å². The number of benzene rings is 3. The van der Waals surface area contributed by atoms with Gasteiger partial charge in [0.15, 0.2) is 11.0 Å². The number of rotatable bonds is 7. The van der Waals surface area contributed by atoms with Crippen LogP contribution < -0.4 is 5.32 Å². The molecule has 0 aliphatic heterocycles. The summed E-state index contributed by atoms with van der Waals surface area (Å²) in [7, 11) is -15.1. The predicted octanol–water partition coefficient (Wildman–Crippen LogP) is 4.05. The summed E-state index contributed by atoms with van der Waals surface area (Å²) < 4.78 is 100. The number of azo groups is 1. The molecule has 219 valence electrons. The zero-order chi connectivity index (χ0) is 30.5. The second kappa shape index (κ2) is 15.8. The minimum Gasteiger partial charge on any atom is -0.506 e. The topological polar surface area (TPSA) is 246 Å². The number of hydrogen-bond donors (Lipinski definition) is 5. The third kappa shape index (κ3) is 9.68. The zero-order valence-corrected chi connectivity index (χ0v) is 33.1. The molecule has 5 N–H and O–H groups in total. The van der Waals surface area contributed by atoms with Crippen molar-refractivity contribution in [2.45, 2.75) is 14.7 Å². The van der Waals surface area contributed by atoms with Crippen molar-refractivity contribution < 1.29 is 44.0 Å². The van der Waals surface area contributed by atoms with E-state index in [4.69, 9.17) is 34.8 Å². The Morgan fingerprint density at radius 2 is 1.34 bits per heavy atom. The molecule has 1 aromatic heterocycles. The molecule has 4 aromatic rings. The standard InChI is InChI=1S/C20H12Cl3N5O10S3.3Na/c21-16-18(22)25-20(23)26-19(16)24-9-2-4-13(40(33,34)35)11(6-9)27-28-17-12(29)3-1-8-5-10(39(30,31)32)7-14(15(8)17)41(36,37)38;;;/h1-7,29H,(H,24,25,26)(H,30,31,32)(H,33,34,35)(H,36,37,38);;;. The minimum absolute atomic E-state index is 0. The summed E-state index contributed by atoms with van der Waals surface area (Å²) in [5.41, 5.74) is -1.16. The Morgan fingerprint density at radius 1 is 0.727 bits per heavy atom. The number of phenols is 1. The van der Waals surface area contributed by atoms with Crippen LogP contribution in [0.2, 0.25) is 15.5 Å². The molecule has 1 heterocycles. The Bertz CT molecular complexity index is 2130. The number of halogens is 3. The summed E-state index contributed by atoms with van der Waals surface area (Å²) in [6.45, 7) is 0. The second-order valence-corrected chi connectivity index (χ2v) is 13.1. The van der Waals surface area contributed by atoms with Gasteiger partial charge in [0.2, 0.25) is 5.28 Å². The van der Waals surface area contributed by atoms with Gasteiger partial charge in [-0.25, -0.2) is 4.98 Å². The predicted molar refractivity (Wildman–Crippen MR) is 163 cm³/mol. The maximum absolute atomic E-state index is 12.1. The SMILES string of the molecule is O=S(=O)(O)c1cc(S(=O)(=O)O)c2c(N=Nc3cc(Nc4nc(Cl)nc(Cl)c4Cl)ccc3S(=O)(=O)O)c(O)ccc2c1.[Na].[Na].[Na]. The third-order valence-electron chi connectivity index (χ3n) is 5.12. The molecular formula is C20H12Cl3N5Na3O10S3. The fourth-order valence-corrected chi connectivity index (χ4v) is 5.92. The summed E-state index contributed by atoms with van der Waals surface area (Å²) >= 11 is 17.7. The molecule has 24 heteroatoms. The number of fused-ring (bicyclic) bond motifs is 1. The van der Waals surface area contributed by atoms with Gasteiger partial charge in [-0.05, 0) is 53.4 Å². The van der Waals surface area contributed by atoms with E-state index in [0.717, 1.165) is 30.3 Å². The number of hydrogen-bond acceptors (Lipinski definition) is 12. The van der Waals surface area contributed by atoms with Gasteiger partial charge in [-0.15, -0.1) is 10.2 Å². The van der Waals surface area contributed by atoms with Crippen LogP contribution in [0, 0.1) is 0 Å². The quantitative estimate of drug-likeness (QED) is 0.0589. The van der Waals surface area contributed by atoms with Gasteiger partial charge >= 0.3 is 0 Å². The number of phenolic OH excluding ortho intramolecular Hbond substituents is 1. The third-order valence-corrected chi connectivity index (χ3v) is 8.63. The Morgan fingerprint density at radius 3 is 1.91 bits per heavy atom. The average molecular weight is 754 g/mol. The van der Waals surface area contributed by atoms with Crippen molar-refractivity contribution in [1.82, 2.24) is 9.97 Å². The van der Waals surface area contributed by atoms with E-state index >= 15 is 0 Å². The van der Waals surface area contributed by atoms with Crippen molar-refractivity contribution in [3.05, 3.63) is 57.9 Å². The van der Waals surface area contributed by atoms with Crippen LogP contribution in [-0.2, 0) is 30.4 Å². The van der Waals surface area contributed by atoms with Gasteiger partial charge in [0.05, 0.1) is 4.90 Å². The first kappa shape index (κ1) is 41.8. The Balaban J connectivity index is 0.00000323. The molecule has 0 bridgehead atoms. The van der Waals surface area contributed by atoms with Crippen molar-refractivity contribution in [3.63, 3.8) is 0 Å². The molecule has 4 rings (SSSR count). The van der Waals surface area contributed by atoms with E-state index in [-0.39, 0.29) is 121 Å². The van der Waals surface area contributed by atoms with Gasteiger partial charge < -0.3 is 10.4 Å². The van der Waals surface area contributed by atoms with Gasteiger partial charge in [-0.1, -0.05) is 29.3 Å². The average Bonchev–Trinajstić information content (AvgIpc) is 2.84. The number of aromatic nitrogens is 2. The van der Waals surface area contributed by atoms with Gasteiger partial charge in [0.1, 0.15) is 31.9 Å². The van der Waals surface area contributed by atoms with E-state index < -0.39 is 67.6 Å². The summed E-state index contributed by atoms with van der Waals surface area (Å²) in [5.74, 6) is -0.830. The molecule has 0 unspecified atom stereocenters. The zero-order valence-electron chi connectivity index (χ0n) is 22.4. The molecule has 0 saturated carbocycles. The monoisotopic (exact) mass is 752 g/mol. The molecule has 0 saturated heterocycles. The largest absolute Gasteiger partial charge is 0.506 e. The summed E-state index contributed by atoms with van der Waals surface area (Å²) in [6.07, 6.45) is 0. The Labute approximate surface area is 330 Å². The van der Waals surface area contributed by atoms with E-state index in [1.165, 1.54) is 6.07 Å². The molecule has 0 fully saturated rings. The first-order valence-electron chi connectivity index (χ1n) is 10.3. The van der Waals surface area contributed by atoms with Crippen molar-refractivity contribution in [3.8, 4) is 5.75 Å². The van der Waals surface area contributed by atoms with E-state index in [1.807, 2.05) is 0 Å². The molecule has 0 aliphatic carbocycles. The molecule has 0 atom stereocenters. The fourth-order valence-electron chi connectivity index (χ4n) is 3.43. The molecular weight excluding hydrogens is 742 g/mol. The Hall–Kier alpha value is -0.200. The number of nitrogens with one attached hydrogen (secondary N) is 1. The van der Waals surface area contributed by atoms with Gasteiger partial charge in [-0.2, -0.15) is 30.2 Å². The molecule has 15 nitrogen and oxygen atoms in total. The normalized spacial score (nSPS) is 11.9. The Kier molecular flexibility index (Phi) is 15.0. The molecule has 3 aromatic carbocycles. The van der Waals surface area contributed by atoms with Crippen LogP contribution in [-0.4, -0.2) is 143 Å². The van der Waals surface area contributed by atoms with Gasteiger partial charge in [0.25, 0.3) is 30.4 Å². The summed E-state index contributed by atoms with van der Waals surface area (Å²) in [6, 6.07) is 6.39. The van der Waals surface area contributed by atoms with E-state index in [2.05, 4.69) is 25.5 Å².